The first-order valence-electron chi connectivity index (χ1n) is 13.7. The number of pyridine rings is 2. The maximum absolute atomic E-state index is 16.9. The van der Waals surface area contributed by atoms with E-state index in [4.69, 9.17) is 38.2 Å². The molecule has 3 aromatic heterocycles. The summed E-state index contributed by atoms with van der Waals surface area (Å²) < 4.78 is 36.8. The van der Waals surface area contributed by atoms with E-state index in [1.807, 2.05) is 11.8 Å². The molecule has 1 fully saturated rings. The van der Waals surface area contributed by atoms with E-state index in [9.17, 15) is 9.18 Å². The Kier molecular flexibility index (Phi) is 8.52. The average molecular weight is 597 g/mol. The van der Waals surface area contributed by atoms with E-state index in [0.717, 1.165) is 25.7 Å². The second-order valence-corrected chi connectivity index (χ2v) is 11.3. The summed E-state index contributed by atoms with van der Waals surface area (Å²) in [5.74, 6) is 1.53. The Morgan fingerprint density at radius 3 is 2.79 bits per heavy atom. The van der Waals surface area contributed by atoms with Crippen molar-refractivity contribution in [2.24, 2.45) is 27.6 Å². The Bertz CT molecular complexity index is 1590. The molecule has 13 heteroatoms. The molecule has 4 atom stereocenters. The predicted molar refractivity (Wildman–Crippen MR) is 154 cm³/mol. The van der Waals surface area contributed by atoms with E-state index >= 15 is 4.39 Å². The molecule has 0 amide bonds. The third kappa shape index (κ3) is 5.98. The second-order valence-electron chi connectivity index (χ2n) is 10.8. The van der Waals surface area contributed by atoms with Crippen molar-refractivity contribution in [1.29, 1.82) is 0 Å². The molecule has 0 radical (unpaired) electrons. The summed E-state index contributed by atoms with van der Waals surface area (Å²) in [6.45, 7) is 3.48. The third-order valence-corrected chi connectivity index (χ3v) is 8.02. The van der Waals surface area contributed by atoms with E-state index in [2.05, 4.69) is 26.1 Å². The molecule has 0 aromatic carbocycles. The zero-order valence-electron chi connectivity index (χ0n) is 23.2. The Hall–Kier alpha value is -3.95. The minimum absolute atomic E-state index is 0.0271. The number of aromatic amines is 1. The molecule has 4 unspecified atom stereocenters. The van der Waals surface area contributed by atoms with Gasteiger partial charge >= 0.3 is 5.76 Å². The van der Waals surface area contributed by atoms with E-state index in [1.165, 1.54) is 31.5 Å². The van der Waals surface area contributed by atoms with Crippen LogP contribution < -0.4 is 11.5 Å². The number of H-pyrrole nitrogens is 1. The van der Waals surface area contributed by atoms with Crippen molar-refractivity contribution in [2.75, 3.05) is 6.54 Å². The van der Waals surface area contributed by atoms with Crippen molar-refractivity contribution in [3.63, 3.8) is 0 Å². The molecule has 3 N–H and O–H groups in total. The molecule has 1 aliphatic heterocycles. The van der Waals surface area contributed by atoms with Crippen molar-refractivity contribution in [3.8, 4) is 12.3 Å². The SMILES string of the molecule is C#CC1CCC(CN2C(C(C)(F)c3ncccc3F)=NC(C)C2C(=NC(N)c2n[nH]c(=O)o2)c2cncc(Cl)c2)CC1. The van der Waals surface area contributed by atoms with Gasteiger partial charge in [-0.05, 0) is 63.6 Å². The number of nitrogens with two attached hydrogens (primary N) is 1. The van der Waals surface area contributed by atoms with Gasteiger partial charge in [-0.15, -0.1) is 17.4 Å². The van der Waals surface area contributed by atoms with Gasteiger partial charge in [-0.3, -0.25) is 20.0 Å². The standard InChI is InChI=1S/C29H31ClF2N8O2/c1-4-17-7-9-18(10-8-17)15-40-23(16(2)36-27(40)29(3,32)24-21(31)6-5-11-35-24)22(19-12-20(30)14-34-13-19)37-25(33)26-38-39-28(41)42-26/h1,5-6,11-14,16-18,23,25H,7-10,15,33H2,2-3H3,(H,39,41). The Morgan fingerprint density at radius 1 is 1.38 bits per heavy atom. The molecule has 0 bridgehead atoms. The summed E-state index contributed by atoms with van der Waals surface area (Å²) in [4.78, 5) is 31.1. The first kappa shape index (κ1) is 29.5. The number of halogens is 3. The number of hydrogen-bond donors (Lipinski definition) is 2. The van der Waals surface area contributed by atoms with Gasteiger partial charge in [0.2, 0.25) is 5.67 Å². The molecular formula is C29H31ClF2N8O2. The number of terminal acetylenes is 1. The Balaban J connectivity index is 1.61. The molecule has 1 saturated carbocycles. The van der Waals surface area contributed by atoms with Crippen molar-refractivity contribution in [1.82, 2.24) is 25.1 Å². The van der Waals surface area contributed by atoms with E-state index in [0.29, 0.717) is 22.8 Å². The fourth-order valence-corrected chi connectivity index (χ4v) is 5.94. The van der Waals surface area contributed by atoms with E-state index < -0.39 is 35.5 Å². The van der Waals surface area contributed by atoms with Gasteiger partial charge in [0.15, 0.2) is 6.17 Å². The van der Waals surface area contributed by atoms with Crippen LogP contribution in [0.3, 0.4) is 0 Å². The Labute approximate surface area is 246 Å². The minimum atomic E-state index is -2.38. The van der Waals surface area contributed by atoms with Crippen LogP contribution in [0.25, 0.3) is 0 Å². The highest BCUT2D eigenvalue weighted by atomic mass is 35.5. The zero-order valence-corrected chi connectivity index (χ0v) is 23.9. The highest BCUT2D eigenvalue weighted by molar-refractivity contribution is 6.31. The van der Waals surface area contributed by atoms with Crippen LogP contribution in [0.5, 0.6) is 0 Å². The highest BCUT2D eigenvalue weighted by Crippen LogP contribution is 2.38. The molecule has 10 nitrogen and oxygen atoms in total. The quantitative estimate of drug-likeness (QED) is 0.294. The van der Waals surface area contributed by atoms with E-state index in [-0.39, 0.29) is 29.3 Å². The second kappa shape index (κ2) is 12.1. The number of nitrogens with zero attached hydrogens (tertiary/aromatic N) is 6. The molecule has 0 saturated heterocycles. The molecule has 4 heterocycles. The highest BCUT2D eigenvalue weighted by Gasteiger charge is 2.49. The van der Waals surface area contributed by atoms with Crippen molar-refractivity contribution in [3.05, 3.63) is 75.3 Å². The van der Waals surface area contributed by atoms with Crippen LogP contribution in [0.4, 0.5) is 8.78 Å². The van der Waals surface area contributed by atoms with Gasteiger partial charge in [0.25, 0.3) is 5.89 Å². The van der Waals surface area contributed by atoms with Crippen molar-refractivity contribution < 1.29 is 13.2 Å². The van der Waals surface area contributed by atoms with Gasteiger partial charge in [0, 0.05) is 36.6 Å². The largest absolute Gasteiger partial charge is 0.434 e. The number of amidine groups is 1. The van der Waals surface area contributed by atoms with Crippen LogP contribution >= 0.6 is 11.6 Å². The van der Waals surface area contributed by atoms with Crippen LogP contribution in [0.1, 0.15) is 62.8 Å². The molecule has 1 aliphatic carbocycles. The van der Waals surface area contributed by atoms with Gasteiger partial charge in [0.05, 0.1) is 22.8 Å². The first-order chi connectivity index (χ1) is 20.1. The normalized spacial score (nSPS) is 25.0. The van der Waals surface area contributed by atoms with E-state index in [1.54, 1.807) is 12.3 Å². The molecule has 0 spiro atoms. The number of nitrogens with one attached hydrogen (secondary N) is 1. The predicted octanol–water partition coefficient (Wildman–Crippen LogP) is 4.19. The fraction of sp³-hybridized carbons (Fsp3) is 0.448. The van der Waals surface area contributed by atoms with Crippen LogP contribution in [-0.4, -0.2) is 55.2 Å². The van der Waals surface area contributed by atoms with Crippen LogP contribution in [0.15, 0.2) is 56.0 Å². The molecule has 2 aliphatic rings. The van der Waals surface area contributed by atoms with Crippen LogP contribution in [0.2, 0.25) is 5.02 Å². The van der Waals surface area contributed by atoms with Gasteiger partial charge in [-0.2, -0.15) is 0 Å². The fourth-order valence-electron chi connectivity index (χ4n) is 5.77. The summed E-state index contributed by atoms with van der Waals surface area (Å²) in [5, 5.41) is 6.33. The lowest BCUT2D eigenvalue weighted by Gasteiger charge is -2.38. The molecule has 5 rings (SSSR count). The van der Waals surface area contributed by atoms with Crippen LogP contribution in [0, 0.1) is 30.0 Å². The first-order valence-corrected chi connectivity index (χ1v) is 14.1. The smallest absolute Gasteiger partial charge is 0.389 e. The number of aromatic nitrogens is 4. The summed E-state index contributed by atoms with van der Waals surface area (Å²) in [6.07, 6.45) is 12.2. The van der Waals surface area contributed by atoms with Gasteiger partial charge in [0.1, 0.15) is 17.3 Å². The minimum Gasteiger partial charge on any atom is -0.389 e. The van der Waals surface area contributed by atoms with Crippen molar-refractivity contribution in [2.45, 2.75) is 63.4 Å². The maximum atomic E-state index is 16.9. The summed E-state index contributed by atoms with van der Waals surface area (Å²) >= 11 is 6.31. The molecule has 42 heavy (non-hydrogen) atoms. The molecule has 3 aromatic rings. The Morgan fingerprint density at radius 2 is 2.14 bits per heavy atom. The molecular weight excluding hydrogens is 566 g/mol. The summed E-state index contributed by atoms with van der Waals surface area (Å²) in [5.41, 5.74) is 4.47. The topological polar surface area (TPSA) is 139 Å². The maximum Gasteiger partial charge on any atom is 0.434 e. The zero-order chi connectivity index (χ0) is 30.0. The summed E-state index contributed by atoms with van der Waals surface area (Å²) in [6, 6.07) is 3.02. The van der Waals surface area contributed by atoms with Gasteiger partial charge < -0.3 is 15.1 Å². The van der Waals surface area contributed by atoms with Gasteiger partial charge in [-0.25, -0.2) is 18.7 Å². The monoisotopic (exact) mass is 596 g/mol. The number of alkyl halides is 1. The lowest BCUT2D eigenvalue weighted by atomic mass is 9.81. The number of rotatable bonds is 8. The lowest BCUT2D eigenvalue weighted by molar-refractivity contribution is 0.204. The third-order valence-electron chi connectivity index (χ3n) is 7.82. The van der Waals surface area contributed by atoms with Crippen LogP contribution in [-0.2, 0) is 5.67 Å². The van der Waals surface area contributed by atoms with Gasteiger partial charge in [-0.1, -0.05) is 11.6 Å². The molecule has 220 valence electrons. The number of hydrogen-bond acceptors (Lipinski definition) is 9. The summed E-state index contributed by atoms with van der Waals surface area (Å²) in [7, 11) is 0. The number of aliphatic imine (C=N–C) groups is 2. The lowest BCUT2D eigenvalue weighted by Crippen LogP contribution is -2.52. The average Bonchev–Trinajstić information content (AvgIpc) is 3.55. The van der Waals surface area contributed by atoms with Crippen molar-refractivity contribution >= 4 is 23.1 Å².